The molecule has 5 heteroatoms. The van der Waals surface area contributed by atoms with Crippen molar-refractivity contribution in [2.45, 2.75) is 18.9 Å². The first kappa shape index (κ1) is 15.4. The Hall–Kier alpha value is 0.0300. The lowest BCUT2D eigenvalue weighted by Gasteiger charge is -2.18. The Morgan fingerprint density at radius 2 is 2.11 bits per heavy atom. The first-order valence-corrected chi connectivity index (χ1v) is 9.08. The van der Waals surface area contributed by atoms with Crippen molar-refractivity contribution in [3.8, 4) is 5.75 Å². The smallest absolute Gasteiger partial charge is 0.140 e. The molecule has 0 saturated carbocycles. The van der Waals surface area contributed by atoms with E-state index in [0.29, 0.717) is 15.8 Å². The van der Waals surface area contributed by atoms with Crippen molar-refractivity contribution in [2.75, 3.05) is 4.43 Å². The lowest BCUT2D eigenvalue weighted by molar-refractivity contribution is 0.198. The molecule has 0 aliphatic heterocycles. The third-order valence-corrected chi connectivity index (χ3v) is 4.90. The number of alkyl halides is 1. The quantitative estimate of drug-likeness (QED) is 0.384. The number of benzene rings is 1. The van der Waals surface area contributed by atoms with E-state index in [2.05, 4.69) is 34.0 Å². The van der Waals surface area contributed by atoms with Gasteiger partial charge < -0.3 is 4.74 Å². The maximum atomic E-state index is 6.15. The summed E-state index contributed by atoms with van der Waals surface area (Å²) in [6.45, 7) is 0. The average molecular weight is 427 g/mol. The van der Waals surface area contributed by atoms with Gasteiger partial charge in [0.15, 0.2) is 0 Å². The monoisotopic (exact) mass is 426 g/mol. The Kier molecular flexibility index (Phi) is 6.26. The molecule has 0 bridgehead atoms. The van der Waals surface area contributed by atoms with Crippen LogP contribution in [0.25, 0.3) is 0 Å². The zero-order chi connectivity index (χ0) is 13.7. The third kappa shape index (κ3) is 4.52. The highest BCUT2D eigenvalue weighted by atomic mass is 127. The van der Waals surface area contributed by atoms with E-state index in [1.54, 1.807) is 29.5 Å². The molecule has 2 rings (SSSR count). The summed E-state index contributed by atoms with van der Waals surface area (Å²) in [6, 6.07) is 9.44. The molecule has 0 N–H and O–H groups in total. The molecule has 0 aliphatic rings. The maximum Gasteiger partial charge on any atom is 0.140 e. The van der Waals surface area contributed by atoms with Gasteiger partial charge in [-0.25, -0.2) is 0 Å². The summed E-state index contributed by atoms with van der Waals surface area (Å²) in [5, 5.41) is 3.30. The molecule has 1 unspecified atom stereocenters. The van der Waals surface area contributed by atoms with Crippen LogP contribution in [-0.4, -0.2) is 4.43 Å². The van der Waals surface area contributed by atoms with Crippen molar-refractivity contribution < 1.29 is 4.74 Å². The zero-order valence-electron chi connectivity index (χ0n) is 10.1. The summed E-state index contributed by atoms with van der Waals surface area (Å²) < 4.78 is 7.18. The first-order valence-electron chi connectivity index (χ1n) is 5.92. The van der Waals surface area contributed by atoms with Crippen LogP contribution in [0.5, 0.6) is 5.75 Å². The van der Waals surface area contributed by atoms with Crippen molar-refractivity contribution in [3.05, 3.63) is 50.6 Å². The Morgan fingerprint density at radius 1 is 1.26 bits per heavy atom. The molecule has 0 radical (unpaired) electrons. The molecule has 19 heavy (non-hydrogen) atoms. The highest BCUT2D eigenvalue weighted by Gasteiger charge is 2.16. The summed E-state index contributed by atoms with van der Waals surface area (Å²) in [5.41, 5.74) is 0. The summed E-state index contributed by atoms with van der Waals surface area (Å²) in [5.74, 6) is 0.654. The highest BCUT2D eigenvalue weighted by Crippen LogP contribution is 2.34. The van der Waals surface area contributed by atoms with Crippen LogP contribution >= 0.6 is 57.1 Å². The van der Waals surface area contributed by atoms with E-state index < -0.39 is 0 Å². The summed E-state index contributed by atoms with van der Waals surface area (Å²) in [6.07, 6.45) is 2.14. The molecule has 0 fully saturated rings. The molecule has 0 saturated heterocycles. The Morgan fingerprint density at radius 3 is 2.79 bits per heavy atom. The van der Waals surface area contributed by atoms with E-state index in [-0.39, 0.29) is 6.10 Å². The summed E-state index contributed by atoms with van der Waals surface area (Å²) in [4.78, 5) is 1.22. The minimum atomic E-state index is 0.0470. The number of ether oxygens (including phenoxy) is 1. The fraction of sp³-hybridized carbons (Fsp3) is 0.286. The number of rotatable bonds is 6. The van der Waals surface area contributed by atoms with Gasteiger partial charge in [-0.15, -0.1) is 11.3 Å². The number of halogens is 3. The Balaban J connectivity index is 2.17. The van der Waals surface area contributed by atoms with Gasteiger partial charge in [0.05, 0.1) is 5.02 Å². The second kappa shape index (κ2) is 7.72. The summed E-state index contributed by atoms with van der Waals surface area (Å²) >= 11 is 16.2. The van der Waals surface area contributed by atoms with Crippen molar-refractivity contribution in [3.63, 3.8) is 0 Å². The summed E-state index contributed by atoms with van der Waals surface area (Å²) in [7, 11) is 0. The molecular formula is C14H13Cl2IOS. The molecule has 1 aromatic heterocycles. The molecule has 0 spiro atoms. The van der Waals surface area contributed by atoms with Gasteiger partial charge in [-0.05, 0) is 40.8 Å². The third-order valence-electron chi connectivity index (χ3n) is 2.62. The van der Waals surface area contributed by atoms with Crippen LogP contribution in [0.1, 0.15) is 23.8 Å². The second-order valence-corrected chi connectivity index (χ2v) is 6.93. The predicted molar refractivity (Wildman–Crippen MR) is 92.3 cm³/mol. The minimum absolute atomic E-state index is 0.0470. The largest absolute Gasteiger partial charge is 0.483 e. The standard InChI is InChI=1S/C14H13Cl2IOS/c15-10-5-6-11(16)13(9-10)18-12(3-1-7-17)14-4-2-8-19-14/h2,4-6,8-9,12H,1,3,7H2. The molecule has 1 heterocycles. The van der Waals surface area contributed by atoms with Crippen LogP contribution in [0.3, 0.4) is 0 Å². The van der Waals surface area contributed by atoms with Gasteiger partial charge in [0.25, 0.3) is 0 Å². The van der Waals surface area contributed by atoms with Crippen LogP contribution in [0.2, 0.25) is 10.0 Å². The molecule has 1 nitrogen and oxygen atoms in total. The number of hydrogen-bond donors (Lipinski definition) is 0. The van der Waals surface area contributed by atoms with Gasteiger partial charge in [-0.1, -0.05) is 51.9 Å². The van der Waals surface area contributed by atoms with Gasteiger partial charge in [0.1, 0.15) is 11.9 Å². The molecule has 0 amide bonds. The first-order chi connectivity index (χ1) is 9.20. The minimum Gasteiger partial charge on any atom is -0.483 e. The van der Waals surface area contributed by atoms with Gasteiger partial charge in [0, 0.05) is 16.0 Å². The van der Waals surface area contributed by atoms with E-state index in [1.807, 2.05) is 6.07 Å². The van der Waals surface area contributed by atoms with Crippen LogP contribution in [-0.2, 0) is 0 Å². The fourth-order valence-electron chi connectivity index (χ4n) is 1.72. The van der Waals surface area contributed by atoms with E-state index in [9.17, 15) is 0 Å². The van der Waals surface area contributed by atoms with Crippen LogP contribution in [0.15, 0.2) is 35.7 Å². The van der Waals surface area contributed by atoms with Crippen molar-refractivity contribution in [2.24, 2.45) is 0 Å². The Bertz CT molecular complexity index is 516. The fourth-order valence-corrected chi connectivity index (χ4v) is 3.27. The van der Waals surface area contributed by atoms with Gasteiger partial charge in [-0.2, -0.15) is 0 Å². The normalized spacial score (nSPS) is 12.4. The van der Waals surface area contributed by atoms with Gasteiger partial charge in [0.2, 0.25) is 0 Å². The van der Waals surface area contributed by atoms with Crippen molar-refractivity contribution in [1.29, 1.82) is 0 Å². The van der Waals surface area contributed by atoms with Crippen molar-refractivity contribution >= 4 is 57.1 Å². The van der Waals surface area contributed by atoms with Gasteiger partial charge in [-0.3, -0.25) is 0 Å². The van der Waals surface area contributed by atoms with Crippen LogP contribution in [0.4, 0.5) is 0 Å². The second-order valence-electron chi connectivity index (χ2n) is 4.03. The number of thiophene rings is 1. The van der Waals surface area contributed by atoms with Crippen LogP contribution in [0, 0.1) is 0 Å². The Labute approximate surface area is 141 Å². The lowest BCUT2D eigenvalue weighted by Crippen LogP contribution is -2.06. The van der Waals surface area contributed by atoms with Crippen LogP contribution < -0.4 is 4.74 Å². The van der Waals surface area contributed by atoms with Gasteiger partial charge >= 0.3 is 0 Å². The molecule has 1 aromatic carbocycles. The zero-order valence-corrected chi connectivity index (χ0v) is 14.6. The SMILES string of the molecule is Clc1ccc(Cl)c(OC(CCCI)c2cccs2)c1. The lowest BCUT2D eigenvalue weighted by atomic mass is 10.2. The molecule has 102 valence electrons. The number of hydrogen-bond acceptors (Lipinski definition) is 2. The van der Waals surface area contributed by atoms with Crippen molar-refractivity contribution in [1.82, 2.24) is 0 Å². The molecular weight excluding hydrogens is 414 g/mol. The highest BCUT2D eigenvalue weighted by molar-refractivity contribution is 14.1. The topological polar surface area (TPSA) is 9.23 Å². The molecule has 0 aliphatic carbocycles. The van der Waals surface area contributed by atoms with E-state index in [1.165, 1.54) is 4.88 Å². The van der Waals surface area contributed by atoms with E-state index >= 15 is 0 Å². The maximum absolute atomic E-state index is 6.15. The predicted octanol–water partition coefficient (Wildman–Crippen LogP) is 6.39. The average Bonchev–Trinajstić information content (AvgIpc) is 2.92. The van der Waals surface area contributed by atoms with E-state index in [0.717, 1.165) is 17.3 Å². The molecule has 2 aromatic rings. The van der Waals surface area contributed by atoms with E-state index in [4.69, 9.17) is 27.9 Å². The molecule has 1 atom stereocenters.